The lowest BCUT2D eigenvalue weighted by Crippen LogP contribution is -2.47. The molecule has 0 amide bonds. The predicted molar refractivity (Wildman–Crippen MR) is 59.7 cm³/mol. The smallest absolute Gasteiger partial charge is 0.406 e. The maximum absolute atomic E-state index is 12.9. The Morgan fingerprint density at radius 1 is 1.53 bits per heavy atom. The average molecular weight is 285 g/mol. The predicted octanol–water partition coefficient (Wildman–Crippen LogP) is 0.723. The van der Waals surface area contributed by atoms with E-state index < -0.39 is 36.6 Å². The summed E-state index contributed by atoms with van der Waals surface area (Å²) in [6.07, 6.45) is -6.20. The van der Waals surface area contributed by atoms with Gasteiger partial charge in [0.25, 0.3) is 0 Å². The van der Waals surface area contributed by atoms with E-state index in [1.807, 2.05) is 0 Å². The number of carboxylic acids is 1. The van der Waals surface area contributed by atoms with Crippen LogP contribution in [0.1, 0.15) is 13.3 Å². The maximum atomic E-state index is 12.9. The van der Waals surface area contributed by atoms with Crippen molar-refractivity contribution in [2.24, 2.45) is 5.41 Å². The monoisotopic (exact) mass is 285 g/mol. The van der Waals surface area contributed by atoms with Crippen molar-refractivity contribution in [2.75, 3.05) is 32.8 Å². The van der Waals surface area contributed by atoms with E-state index in [2.05, 4.69) is 0 Å². The summed E-state index contributed by atoms with van der Waals surface area (Å²) in [5.41, 5.74) is -2.72. The van der Waals surface area contributed by atoms with Crippen molar-refractivity contribution in [1.29, 1.82) is 0 Å². The Labute approximate surface area is 109 Å². The summed E-state index contributed by atoms with van der Waals surface area (Å²) in [7, 11) is 0. The Kier molecular flexibility index (Phi) is 5.17. The van der Waals surface area contributed by atoms with Crippen LogP contribution in [0.15, 0.2) is 0 Å². The third-order valence-corrected chi connectivity index (χ3v) is 3.28. The normalized spacial score (nSPS) is 26.6. The Morgan fingerprint density at radius 2 is 2.16 bits per heavy atom. The first-order valence-corrected chi connectivity index (χ1v) is 6.01. The number of rotatable bonds is 6. The van der Waals surface area contributed by atoms with Gasteiger partial charge in [0.1, 0.15) is 0 Å². The van der Waals surface area contributed by atoms with Crippen LogP contribution in [0.2, 0.25) is 0 Å². The lowest BCUT2D eigenvalue weighted by atomic mass is 9.86. The van der Waals surface area contributed by atoms with E-state index in [0.29, 0.717) is 6.61 Å². The standard InChI is InChI=1S/C11H18F3NO4/c1-2-19-6-8(16)5-15-4-3-10(7-15,9(17)18)11(12,13)14/h8,16H,2-7H2,1H3,(H,17,18). The van der Waals surface area contributed by atoms with E-state index in [9.17, 15) is 23.1 Å². The lowest BCUT2D eigenvalue weighted by molar-refractivity contribution is -0.227. The minimum atomic E-state index is -4.79. The lowest BCUT2D eigenvalue weighted by Gasteiger charge is -2.27. The first-order chi connectivity index (χ1) is 8.73. The zero-order chi connectivity index (χ0) is 14.7. The van der Waals surface area contributed by atoms with Gasteiger partial charge in [0.05, 0.1) is 12.7 Å². The Bertz CT molecular complexity index is 324. The second-order valence-electron chi connectivity index (χ2n) is 4.68. The van der Waals surface area contributed by atoms with Gasteiger partial charge in [0, 0.05) is 19.7 Å². The summed E-state index contributed by atoms with van der Waals surface area (Å²) < 4.78 is 43.6. The molecule has 19 heavy (non-hydrogen) atoms. The fraction of sp³-hybridized carbons (Fsp3) is 0.909. The van der Waals surface area contributed by atoms with Gasteiger partial charge in [-0.3, -0.25) is 9.69 Å². The van der Waals surface area contributed by atoms with Crippen LogP contribution in [-0.4, -0.2) is 66.2 Å². The van der Waals surface area contributed by atoms with Crippen LogP contribution in [0, 0.1) is 5.41 Å². The van der Waals surface area contributed by atoms with E-state index in [4.69, 9.17) is 9.84 Å². The van der Waals surface area contributed by atoms with Crippen molar-refractivity contribution in [1.82, 2.24) is 4.90 Å². The molecule has 1 rings (SSSR count). The molecule has 1 fully saturated rings. The molecule has 0 saturated carbocycles. The summed E-state index contributed by atoms with van der Waals surface area (Å²) in [6.45, 7) is 1.51. The van der Waals surface area contributed by atoms with Gasteiger partial charge in [-0.05, 0) is 19.9 Å². The van der Waals surface area contributed by atoms with Gasteiger partial charge in [0.2, 0.25) is 0 Å². The van der Waals surface area contributed by atoms with E-state index in [-0.39, 0.29) is 19.7 Å². The van der Waals surface area contributed by atoms with Gasteiger partial charge in [-0.2, -0.15) is 13.2 Å². The number of hydrogen-bond acceptors (Lipinski definition) is 4. The third-order valence-electron chi connectivity index (χ3n) is 3.28. The van der Waals surface area contributed by atoms with E-state index in [1.165, 1.54) is 4.90 Å². The summed E-state index contributed by atoms with van der Waals surface area (Å²) in [6, 6.07) is 0. The van der Waals surface area contributed by atoms with Crippen molar-refractivity contribution in [2.45, 2.75) is 25.6 Å². The first-order valence-electron chi connectivity index (χ1n) is 6.01. The molecule has 2 N–H and O–H groups in total. The topological polar surface area (TPSA) is 70.0 Å². The van der Waals surface area contributed by atoms with Gasteiger partial charge < -0.3 is 14.9 Å². The molecule has 0 radical (unpaired) electrons. The molecule has 0 aromatic rings. The highest BCUT2D eigenvalue weighted by molar-refractivity contribution is 5.76. The maximum Gasteiger partial charge on any atom is 0.406 e. The molecular formula is C11H18F3NO4. The molecule has 0 aromatic heterocycles. The molecule has 1 aliphatic heterocycles. The number of aliphatic hydroxyl groups excluding tert-OH is 1. The number of hydrogen-bond donors (Lipinski definition) is 2. The number of alkyl halides is 3. The fourth-order valence-electron chi connectivity index (χ4n) is 2.18. The second-order valence-corrected chi connectivity index (χ2v) is 4.68. The summed E-state index contributed by atoms with van der Waals surface area (Å²) >= 11 is 0. The number of carboxylic acid groups (broad SMARTS) is 1. The van der Waals surface area contributed by atoms with E-state index in [1.54, 1.807) is 6.92 Å². The third kappa shape index (κ3) is 3.58. The van der Waals surface area contributed by atoms with Gasteiger partial charge in [-0.25, -0.2) is 0 Å². The number of halogens is 3. The van der Waals surface area contributed by atoms with Crippen LogP contribution in [0.5, 0.6) is 0 Å². The Morgan fingerprint density at radius 3 is 2.58 bits per heavy atom. The number of likely N-dealkylation sites (tertiary alicyclic amines) is 1. The van der Waals surface area contributed by atoms with Crippen molar-refractivity contribution >= 4 is 5.97 Å². The molecule has 1 heterocycles. The van der Waals surface area contributed by atoms with Crippen LogP contribution in [-0.2, 0) is 9.53 Å². The van der Waals surface area contributed by atoms with Crippen LogP contribution < -0.4 is 0 Å². The molecule has 2 atom stereocenters. The van der Waals surface area contributed by atoms with Crippen molar-refractivity contribution in [3.63, 3.8) is 0 Å². The quantitative estimate of drug-likeness (QED) is 0.752. The molecule has 0 spiro atoms. The number of β-amino-alcohol motifs (C(OH)–C–C–N with tert-alkyl or cyclic N) is 1. The number of nitrogens with zero attached hydrogens (tertiary/aromatic N) is 1. The second kappa shape index (κ2) is 6.06. The van der Waals surface area contributed by atoms with Crippen LogP contribution >= 0.6 is 0 Å². The molecule has 1 saturated heterocycles. The summed E-state index contributed by atoms with van der Waals surface area (Å²) in [5, 5.41) is 18.4. The molecular weight excluding hydrogens is 267 g/mol. The summed E-state index contributed by atoms with van der Waals surface area (Å²) in [5.74, 6) is -1.86. The number of aliphatic carboxylic acids is 1. The van der Waals surface area contributed by atoms with Gasteiger partial charge >= 0.3 is 12.1 Å². The Balaban J connectivity index is 2.62. The molecule has 0 aromatic carbocycles. The SMILES string of the molecule is CCOCC(O)CN1CCC(C(=O)O)(C(F)(F)F)C1. The van der Waals surface area contributed by atoms with Crippen molar-refractivity contribution in [3.05, 3.63) is 0 Å². The molecule has 8 heteroatoms. The molecule has 112 valence electrons. The van der Waals surface area contributed by atoms with Crippen LogP contribution in [0.25, 0.3) is 0 Å². The number of ether oxygens (including phenoxy) is 1. The van der Waals surface area contributed by atoms with Gasteiger partial charge in [-0.1, -0.05) is 0 Å². The number of aliphatic hydroxyl groups is 1. The first kappa shape index (κ1) is 16.2. The highest BCUT2D eigenvalue weighted by atomic mass is 19.4. The van der Waals surface area contributed by atoms with Crippen molar-refractivity contribution < 1.29 is 32.9 Å². The van der Waals surface area contributed by atoms with E-state index in [0.717, 1.165) is 0 Å². The van der Waals surface area contributed by atoms with E-state index >= 15 is 0 Å². The van der Waals surface area contributed by atoms with Gasteiger partial charge in [0.15, 0.2) is 5.41 Å². The molecule has 0 bridgehead atoms. The largest absolute Gasteiger partial charge is 0.481 e. The zero-order valence-electron chi connectivity index (χ0n) is 10.6. The number of carbonyl (C=O) groups is 1. The molecule has 1 aliphatic rings. The minimum absolute atomic E-state index is 0.00497. The highest BCUT2D eigenvalue weighted by Crippen LogP contribution is 2.45. The highest BCUT2D eigenvalue weighted by Gasteiger charge is 2.63. The average Bonchev–Trinajstić information content (AvgIpc) is 2.71. The van der Waals surface area contributed by atoms with Crippen LogP contribution in [0.4, 0.5) is 13.2 Å². The molecule has 5 nitrogen and oxygen atoms in total. The zero-order valence-corrected chi connectivity index (χ0v) is 10.6. The molecule has 0 aliphatic carbocycles. The van der Waals surface area contributed by atoms with Crippen LogP contribution in [0.3, 0.4) is 0 Å². The molecule has 2 unspecified atom stereocenters. The van der Waals surface area contributed by atoms with Gasteiger partial charge in [-0.15, -0.1) is 0 Å². The summed E-state index contributed by atoms with van der Waals surface area (Å²) in [4.78, 5) is 12.3. The van der Waals surface area contributed by atoms with Crippen molar-refractivity contribution in [3.8, 4) is 0 Å². The Hall–Kier alpha value is -0.860. The fourth-order valence-corrected chi connectivity index (χ4v) is 2.18. The minimum Gasteiger partial charge on any atom is -0.481 e.